The third-order valence-corrected chi connectivity index (χ3v) is 4.57. The van der Waals surface area contributed by atoms with Crippen LogP contribution in [0.15, 0.2) is 18.2 Å². The van der Waals surface area contributed by atoms with E-state index in [4.69, 9.17) is 16.3 Å². The van der Waals surface area contributed by atoms with Gasteiger partial charge in [-0.05, 0) is 36.5 Å². The summed E-state index contributed by atoms with van der Waals surface area (Å²) in [6.07, 6.45) is 3.91. The normalized spacial score (nSPS) is 24.4. The van der Waals surface area contributed by atoms with E-state index in [-0.39, 0.29) is 17.4 Å². The Morgan fingerprint density at radius 1 is 1.42 bits per heavy atom. The van der Waals surface area contributed by atoms with Crippen molar-refractivity contribution in [1.82, 2.24) is 0 Å². The van der Waals surface area contributed by atoms with Crippen LogP contribution in [0.3, 0.4) is 0 Å². The number of hydrogen-bond donors (Lipinski definition) is 0. The molecule has 1 aromatic rings. The summed E-state index contributed by atoms with van der Waals surface area (Å²) in [5.41, 5.74) is 3.14. The van der Waals surface area contributed by atoms with Crippen molar-refractivity contribution in [2.75, 3.05) is 18.6 Å². The van der Waals surface area contributed by atoms with Crippen LogP contribution >= 0.6 is 11.6 Å². The number of alkyl halides is 1. The molecule has 2 aliphatic heterocycles. The summed E-state index contributed by atoms with van der Waals surface area (Å²) in [6.45, 7) is 0.806. The lowest BCUT2D eigenvalue weighted by Crippen LogP contribution is -2.23. The minimum atomic E-state index is -0.119. The minimum Gasteiger partial charge on any atom is -0.376 e. The summed E-state index contributed by atoms with van der Waals surface area (Å²) in [5.74, 6) is 0.146. The summed E-state index contributed by atoms with van der Waals surface area (Å²) < 4.78 is 5.75. The Bertz CT molecular complexity index is 497. The van der Waals surface area contributed by atoms with Crippen LogP contribution in [0.4, 0.5) is 5.69 Å². The van der Waals surface area contributed by atoms with Crippen molar-refractivity contribution in [2.24, 2.45) is 0 Å². The van der Waals surface area contributed by atoms with E-state index in [0.717, 1.165) is 36.3 Å². The summed E-state index contributed by atoms with van der Waals surface area (Å²) in [4.78, 5) is 13.4. The summed E-state index contributed by atoms with van der Waals surface area (Å²) in [7, 11) is 1.82. The molecular weight excluding hydrogens is 262 g/mol. The van der Waals surface area contributed by atoms with E-state index in [1.165, 1.54) is 6.42 Å². The molecule has 1 amide bonds. The van der Waals surface area contributed by atoms with Crippen molar-refractivity contribution in [3.63, 3.8) is 0 Å². The van der Waals surface area contributed by atoms with Gasteiger partial charge in [-0.2, -0.15) is 0 Å². The number of carbonyl (C=O) groups excluding carboxylic acids is 1. The monoisotopic (exact) mass is 279 g/mol. The lowest BCUT2D eigenvalue weighted by Gasteiger charge is -2.27. The summed E-state index contributed by atoms with van der Waals surface area (Å²) >= 11 is 6.54. The van der Waals surface area contributed by atoms with E-state index in [9.17, 15) is 4.79 Å². The molecule has 2 atom stereocenters. The van der Waals surface area contributed by atoms with Gasteiger partial charge in [0.1, 0.15) is 0 Å². The van der Waals surface area contributed by atoms with Crippen LogP contribution in [0.25, 0.3) is 0 Å². The number of anilines is 1. The molecule has 2 heterocycles. The van der Waals surface area contributed by atoms with Gasteiger partial charge in [-0.15, -0.1) is 11.6 Å². The van der Waals surface area contributed by atoms with Gasteiger partial charge in [0, 0.05) is 19.3 Å². The summed E-state index contributed by atoms with van der Waals surface area (Å²) in [5, 5.41) is -0.119. The molecular formula is C15H18ClNO2. The molecule has 19 heavy (non-hydrogen) atoms. The molecule has 0 aliphatic carbocycles. The van der Waals surface area contributed by atoms with Crippen LogP contribution < -0.4 is 4.90 Å². The van der Waals surface area contributed by atoms with Crippen molar-refractivity contribution in [3.8, 4) is 0 Å². The molecule has 102 valence electrons. The number of fused-ring (bicyclic) bond motifs is 1. The number of hydrogen-bond acceptors (Lipinski definition) is 2. The van der Waals surface area contributed by atoms with Gasteiger partial charge in [0.2, 0.25) is 5.91 Å². The predicted molar refractivity (Wildman–Crippen MR) is 75.7 cm³/mol. The smallest absolute Gasteiger partial charge is 0.231 e. The fourth-order valence-electron chi connectivity index (χ4n) is 2.87. The minimum absolute atomic E-state index is 0.100. The second-order valence-electron chi connectivity index (χ2n) is 5.32. The zero-order valence-corrected chi connectivity index (χ0v) is 11.8. The van der Waals surface area contributed by atoms with Crippen LogP contribution in [-0.4, -0.2) is 25.7 Å². The van der Waals surface area contributed by atoms with E-state index in [1.54, 1.807) is 4.90 Å². The first-order valence-electron chi connectivity index (χ1n) is 6.82. The molecule has 0 bridgehead atoms. The Morgan fingerprint density at radius 2 is 2.26 bits per heavy atom. The number of halogens is 1. The highest BCUT2D eigenvalue weighted by Crippen LogP contribution is 2.36. The lowest BCUT2D eigenvalue weighted by atomic mass is 9.98. The lowest BCUT2D eigenvalue weighted by molar-refractivity contribution is -0.117. The molecule has 0 spiro atoms. The Hall–Kier alpha value is -1.06. The fraction of sp³-hybridized carbons (Fsp3) is 0.533. The molecule has 2 aliphatic rings. The van der Waals surface area contributed by atoms with E-state index in [2.05, 4.69) is 6.07 Å². The van der Waals surface area contributed by atoms with E-state index >= 15 is 0 Å². The number of likely N-dealkylation sites (N-methyl/N-ethyl adjacent to an activating group) is 1. The Morgan fingerprint density at radius 3 is 3.00 bits per heavy atom. The number of amides is 1. The maximum atomic E-state index is 11.7. The summed E-state index contributed by atoms with van der Waals surface area (Å²) in [6, 6.07) is 6.07. The Balaban J connectivity index is 1.82. The van der Waals surface area contributed by atoms with Gasteiger partial charge in [-0.1, -0.05) is 12.1 Å². The second-order valence-corrected chi connectivity index (χ2v) is 5.79. The maximum absolute atomic E-state index is 11.7. The number of carbonyl (C=O) groups is 1. The first kappa shape index (κ1) is 12.9. The van der Waals surface area contributed by atoms with Gasteiger partial charge < -0.3 is 9.64 Å². The van der Waals surface area contributed by atoms with Crippen molar-refractivity contribution >= 4 is 23.2 Å². The zero-order chi connectivity index (χ0) is 13.4. The zero-order valence-electron chi connectivity index (χ0n) is 11.1. The van der Waals surface area contributed by atoms with E-state index in [0.29, 0.717) is 6.42 Å². The van der Waals surface area contributed by atoms with Crippen LogP contribution in [0, 0.1) is 0 Å². The SMILES string of the molecule is CN1C(=O)Cc2cc(C(Cl)C3CCCCO3)ccc21. The average Bonchev–Trinajstić information content (AvgIpc) is 2.74. The van der Waals surface area contributed by atoms with Gasteiger partial charge in [-0.25, -0.2) is 0 Å². The van der Waals surface area contributed by atoms with Gasteiger partial charge >= 0.3 is 0 Å². The third-order valence-electron chi connectivity index (χ3n) is 4.04. The quantitative estimate of drug-likeness (QED) is 0.779. The maximum Gasteiger partial charge on any atom is 0.231 e. The molecule has 3 rings (SSSR count). The highest BCUT2D eigenvalue weighted by Gasteiger charge is 2.28. The standard InChI is InChI=1S/C15H18ClNO2/c1-17-12-6-5-10(8-11(12)9-14(17)18)15(16)13-4-2-3-7-19-13/h5-6,8,13,15H,2-4,7,9H2,1H3. The molecule has 1 aromatic carbocycles. The van der Waals surface area contributed by atoms with Gasteiger partial charge in [-0.3, -0.25) is 4.79 Å². The Labute approximate surface area is 118 Å². The number of rotatable bonds is 2. The van der Waals surface area contributed by atoms with E-state index in [1.807, 2.05) is 19.2 Å². The average molecular weight is 280 g/mol. The molecule has 1 saturated heterocycles. The van der Waals surface area contributed by atoms with E-state index < -0.39 is 0 Å². The van der Waals surface area contributed by atoms with Gasteiger partial charge in [0.15, 0.2) is 0 Å². The largest absolute Gasteiger partial charge is 0.376 e. The van der Waals surface area contributed by atoms with Crippen molar-refractivity contribution in [1.29, 1.82) is 0 Å². The molecule has 0 radical (unpaired) electrons. The predicted octanol–water partition coefficient (Wildman–Crippen LogP) is 3.05. The molecule has 1 fully saturated rings. The number of nitrogens with zero attached hydrogens (tertiary/aromatic N) is 1. The van der Waals surface area contributed by atoms with Crippen molar-refractivity contribution in [3.05, 3.63) is 29.3 Å². The molecule has 0 aromatic heterocycles. The fourth-order valence-corrected chi connectivity index (χ4v) is 3.21. The molecule has 3 nitrogen and oxygen atoms in total. The number of benzene rings is 1. The van der Waals surface area contributed by atoms with Gasteiger partial charge in [0.25, 0.3) is 0 Å². The van der Waals surface area contributed by atoms with Crippen molar-refractivity contribution in [2.45, 2.75) is 37.2 Å². The second kappa shape index (κ2) is 5.14. The Kier molecular flexibility index (Phi) is 3.50. The third kappa shape index (κ3) is 2.37. The molecule has 4 heteroatoms. The number of ether oxygens (including phenoxy) is 1. The molecule has 0 N–H and O–H groups in total. The first-order valence-corrected chi connectivity index (χ1v) is 7.25. The molecule has 2 unspecified atom stereocenters. The highest BCUT2D eigenvalue weighted by atomic mass is 35.5. The van der Waals surface area contributed by atoms with Gasteiger partial charge in [0.05, 0.1) is 17.9 Å². The van der Waals surface area contributed by atoms with Crippen LogP contribution in [0.2, 0.25) is 0 Å². The van der Waals surface area contributed by atoms with Crippen molar-refractivity contribution < 1.29 is 9.53 Å². The first-order chi connectivity index (χ1) is 9.16. The van der Waals surface area contributed by atoms with Crippen LogP contribution in [0.5, 0.6) is 0 Å². The highest BCUT2D eigenvalue weighted by molar-refractivity contribution is 6.21. The molecule has 0 saturated carbocycles. The topological polar surface area (TPSA) is 29.5 Å². The van der Waals surface area contributed by atoms with Crippen LogP contribution in [-0.2, 0) is 16.0 Å². The van der Waals surface area contributed by atoms with Crippen LogP contribution in [0.1, 0.15) is 35.8 Å².